The standard InChI is InChI=1S/C19H22O7S/c1-27(24,25)14-7-5-11(6-8-14)12-3-2-4-13(9-12)19-18(23)17(22)16(21)15(10-20)26-19/h2-9,15-23H,10H2,1H3/t15-,16-,17+,18+,19-/m1/s1. The third-order valence-electron chi connectivity index (χ3n) is 4.72. The molecule has 0 saturated carbocycles. The highest BCUT2D eigenvalue weighted by Crippen LogP contribution is 2.34. The zero-order chi connectivity index (χ0) is 19.8. The number of sulfone groups is 1. The first kappa shape index (κ1) is 19.9. The minimum absolute atomic E-state index is 0.219. The quantitative estimate of drug-likeness (QED) is 0.587. The van der Waals surface area contributed by atoms with Crippen molar-refractivity contribution in [2.45, 2.75) is 35.4 Å². The Hall–Kier alpha value is -1.81. The van der Waals surface area contributed by atoms with Crippen LogP contribution in [-0.4, -0.2) is 66.1 Å². The average Bonchev–Trinajstić information content (AvgIpc) is 2.66. The molecule has 2 aromatic carbocycles. The van der Waals surface area contributed by atoms with E-state index in [0.717, 1.165) is 17.4 Å². The highest BCUT2D eigenvalue weighted by atomic mass is 32.2. The second kappa shape index (κ2) is 7.67. The molecule has 146 valence electrons. The highest BCUT2D eigenvalue weighted by Gasteiger charge is 2.43. The van der Waals surface area contributed by atoms with E-state index in [1.54, 1.807) is 30.3 Å². The molecular formula is C19H22O7S. The molecule has 7 nitrogen and oxygen atoms in total. The van der Waals surface area contributed by atoms with Crippen LogP contribution in [0.3, 0.4) is 0 Å². The van der Waals surface area contributed by atoms with Gasteiger partial charge in [-0.2, -0.15) is 0 Å². The van der Waals surface area contributed by atoms with E-state index in [9.17, 15) is 28.8 Å². The number of aliphatic hydroxyl groups excluding tert-OH is 4. The van der Waals surface area contributed by atoms with Gasteiger partial charge in [-0.25, -0.2) is 8.42 Å². The first-order valence-corrected chi connectivity index (χ1v) is 10.3. The summed E-state index contributed by atoms with van der Waals surface area (Å²) in [6.45, 7) is -0.492. The molecule has 0 aromatic heterocycles. The number of ether oxygens (including phenoxy) is 1. The van der Waals surface area contributed by atoms with Crippen molar-refractivity contribution in [3.63, 3.8) is 0 Å². The zero-order valence-corrected chi connectivity index (χ0v) is 15.5. The van der Waals surface area contributed by atoms with Crippen LogP contribution in [0.5, 0.6) is 0 Å². The van der Waals surface area contributed by atoms with Gasteiger partial charge in [-0.05, 0) is 34.9 Å². The number of rotatable bonds is 4. The Morgan fingerprint density at radius 2 is 1.59 bits per heavy atom. The second-order valence-electron chi connectivity index (χ2n) is 6.67. The molecule has 0 amide bonds. The molecular weight excluding hydrogens is 372 g/mol. The maximum atomic E-state index is 11.6. The molecule has 1 fully saturated rings. The number of hydrogen-bond acceptors (Lipinski definition) is 7. The fraction of sp³-hybridized carbons (Fsp3) is 0.368. The summed E-state index contributed by atoms with van der Waals surface area (Å²) < 4.78 is 28.8. The van der Waals surface area contributed by atoms with Crippen LogP contribution in [0.2, 0.25) is 0 Å². The van der Waals surface area contributed by atoms with Gasteiger partial charge in [-0.15, -0.1) is 0 Å². The Kier molecular flexibility index (Phi) is 5.66. The molecule has 0 aliphatic carbocycles. The first-order valence-electron chi connectivity index (χ1n) is 8.43. The highest BCUT2D eigenvalue weighted by molar-refractivity contribution is 7.90. The molecule has 3 rings (SSSR count). The predicted octanol–water partition coefficient (Wildman–Crippen LogP) is 0.272. The molecule has 0 spiro atoms. The lowest BCUT2D eigenvalue weighted by molar-refractivity contribution is -0.231. The van der Waals surface area contributed by atoms with Crippen LogP contribution in [0.25, 0.3) is 11.1 Å². The summed E-state index contributed by atoms with van der Waals surface area (Å²) in [7, 11) is -3.28. The van der Waals surface area contributed by atoms with Crippen LogP contribution in [0.4, 0.5) is 0 Å². The summed E-state index contributed by atoms with van der Waals surface area (Å²) >= 11 is 0. The van der Waals surface area contributed by atoms with E-state index in [2.05, 4.69) is 0 Å². The molecule has 1 aliphatic rings. The van der Waals surface area contributed by atoms with Gasteiger partial charge in [0.1, 0.15) is 30.5 Å². The Morgan fingerprint density at radius 3 is 2.19 bits per heavy atom. The van der Waals surface area contributed by atoms with Gasteiger partial charge in [-0.1, -0.05) is 30.3 Å². The topological polar surface area (TPSA) is 124 Å². The van der Waals surface area contributed by atoms with Crippen LogP contribution in [0.15, 0.2) is 53.4 Å². The normalized spacial score (nSPS) is 28.9. The average molecular weight is 394 g/mol. The van der Waals surface area contributed by atoms with Crippen LogP contribution in [0, 0.1) is 0 Å². The van der Waals surface area contributed by atoms with Gasteiger partial charge in [0.25, 0.3) is 0 Å². The molecule has 1 heterocycles. The first-order chi connectivity index (χ1) is 12.7. The maximum absolute atomic E-state index is 11.6. The summed E-state index contributed by atoms with van der Waals surface area (Å²) in [5, 5.41) is 39.5. The Bertz CT molecular complexity index is 893. The minimum atomic E-state index is -3.28. The van der Waals surface area contributed by atoms with E-state index in [1.807, 2.05) is 6.07 Å². The van der Waals surface area contributed by atoms with E-state index in [4.69, 9.17) is 4.74 Å². The van der Waals surface area contributed by atoms with E-state index >= 15 is 0 Å². The fourth-order valence-electron chi connectivity index (χ4n) is 3.17. The third kappa shape index (κ3) is 4.06. The van der Waals surface area contributed by atoms with E-state index < -0.39 is 47.0 Å². The van der Waals surface area contributed by atoms with Gasteiger partial charge >= 0.3 is 0 Å². The Balaban J connectivity index is 1.91. The van der Waals surface area contributed by atoms with Gasteiger partial charge in [0.05, 0.1) is 11.5 Å². The van der Waals surface area contributed by atoms with E-state index in [-0.39, 0.29) is 4.90 Å². The summed E-state index contributed by atoms with van der Waals surface area (Å²) in [5.74, 6) is 0. The van der Waals surface area contributed by atoms with Crippen molar-refractivity contribution in [3.05, 3.63) is 54.1 Å². The lowest BCUT2D eigenvalue weighted by atomic mass is 9.90. The molecule has 0 unspecified atom stereocenters. The molecule has 2 aromatic rings. The van der Waals surface area contributed by atoms with Gasteiger partial charge in [0, 0.05) is 6.26 Å². The van der Waals surface area contributed by atoms with Crippen molar-refractivity contribution in [2.75, 3.05) is 12.9 Å². The van der Waals surface area contributed by atoms with Crippen LogP contribution >= 0.6 is 0 Å². The van der Waals surface area contributed by atoms with E-state index in [1.165, 1.54) is 12.1 Å². The molecule has 1 aliphatic heterocycles. The second-order valence-corrected chi connectivity index (χ2v) is 8.69. The molecule has 4 N–H and O–H groups in total. The number of benzene rings is 2. The summed E-state index contributed by atoms with van der Waals surface area (Å²) in [4.78, 5) is 0.219. The molecule has 27 heavy (non-hydrogen) atoms. The summed E-state index contributed by atoms with van der Waals surface area (Å²) in [6.07, 6.45) is -4.97. The monoisotopic (exact) mass is 394 g/mol. The van der Waals surface area contributed by atoms with Gasteiger partial charge < -0.3 is 25.2 Å². The molecule has 1 saturated heterocycles. The largest absolute Gasteiger partial charge is 0.394 e. The number of hydrogen-bond donors (Lipinski definition) is 4. The SMILES string of the molecule is CS(=O)(=O)c1ccc(-c2cccc([C@H]3O[C@H](CO)[C@@H](O)[C@H](O)[C@@H]3O)c2)cc1. The number of aliphatic hydroxyl groups is 4. The molecule has 0 radical (unpaired) electrons. The van der Waals surface area contributed by atoms with Crippen molar-refractivity contribution in [3.8, 4) is 11.1 Å². The zero-order valence-electron chi connectivity index (χ0n) is 14.6. The van der Waals surface area contributed by atoms with Crippen molar-refractivity contribution in [1.82, 2.24) is 0 Å². The van der Waals surface area contributed by atoms with Gasteiger partial charge in [0.15, 0.2) is 9.84 Å². The lowest BCUT2D eigenvalue weighted by Gasteiger charge is -2.40. The smallest absolute Gasteiger partial charge is 0.175 e. The van der Waals surface area contributed by atoms with Crippen LogP contribution < -0.4 is 0 Å². The van der Waals surface area contributed by atoms with Crippen molar-refractivity contribution in [2.24, 2.45) is 0 Å². The fourth-order valence-corrected chi connectivity index (χ4v) is 3.80. The van der Waals surface area contributed by atoms with Gasteiger partial charge in [-0.3, -0.25) is 0 Å². The van der Waals surface area contributed by atoms with Gasteiger partial charge in [0.2, 0.25) is 0 Å². The predicted molar refractivity (Wildman–Crippen MR) is 97.7 cm³/mol. The molecule has 5 atom stereocenters. The van der Waals surface area contributed by atoms with E-state index in [0.29, 0.717) is 5.56 Å². The Morgan fingerprint density at radius 1 is 0.926 bits per heavy atom. The van der Waals surface area contributed by atoms with Crippen LogP contribution in [0.1, 0.15) is 11.7 Å². The maximum Gasteiger partial charge on any atom is 0.175 e. The molecule has 8 heteroatoms. The Labute approximate surface area is 157 Å². The molecule has 0 bridgehead atoms. The summed E-state index contributed by atoms with van der Waals surface area (Å²) in [6, 6.07) is 13.4. The van der Waals surface area contributed by atoms with Crippen LogP contribution in [-0.2, 0) is 14.6 Å². The summed E-state index contributed by atoms with van der Waals surface area (Å²) in [5.41, 5.74) is 2.11. The third-order valence-corrected chi connectivity index (χ3v) is 5.85. The van der Waals surface area contributed by atoms with Crippen molar-refractivity contribution < 1.29 is 33.6 Å². The van der Waals surface area contributed by atoms with Crippen molar-refractivity contribution >= 4 is 9.84 Å². The lowest BCUT2D eigenvalue weighted by Crippen LogP contribution is -2.55. The van der Waals surface area contributed by atoms with Crippen molar-refractivity contribution in [1.29, 1.82) is 0 Å². The minimum Gasteiger partial charge on any atom is -0.394 e.